The van der Waals surface area contributed by atoms with Gasteiger partial charge in [0.25, 0.3) is 0 Å². The van der Waals surface area contributed by atoms with Gasteiger partial charge in [0.15, 0.2) is 0 Å². The number of nitrogens with zero attached hydrogens (tertiary/aromatic N) is 4. The number of piperidine rings is 2. The minimum atomic E-state index is 0.149. The minimum absolute atomic E-state index is 0.149. The van der Waals surface area contributed by atoms with Crippen molar-refractivity contribution in [3.8, 4) is 0 Å². The standard InChI is InChI=1S/C17H26N4O2/c22-13-14-2-1-7-21(12-14)16-3-8-20(9-4-16)17(23)10-15-11-18-5-6-19-15/h5-6,11,14,16,22H,1-4,7-10,12-13H2/t14-/m0/s1. The molecule has 6 nitrogen and oxygen atoms in total. The van der Waals surface area contributed by atoms with E-state index in [-0.39, 0.29) is 5.91 Å². The molecule has 1 amide bonds. The van der Waals surface area contributed by atoms with E-state index in [1.54, 1.807) is 18.6 Å². The Hall–Kier alpha value is -1.53. The summed E-state index contributed by atoms with van der Waals surface area (Å²) in [6.07, 6.45) is 9.64. The van der Waals surface area contributed by atoms with Crippen molar-refractivity contribution < 1.29 is 9.90 Å². The van der Waals surface area contributed by atoms with Crippen LogP contribution in [-0.4, -0.2) is 69.6 Å². The number of likely N-dealkylation sites (tertiary alicyclic amines) is 2. The van der Waals surface area contributed by atoms with Crippen LogP contribution in [0, 0.1) is 5.92 Å². The van der Waals surface area contributed by atoms with Crippen molar-refractivity contribution in [1.82, 2.24) is 19.8 Å². The van der Waals surface area contributed by atoms with Crippen molar-refractivity contribution in [2.24, 2.45) is 5.92 Å². The fraction of sp³-hybridized carbons (Fsp3) is 0.706. The summed E-state index contributed by atoms with van der Waals surface area (Å²) in [5, 5.41) is 9.37. The first-order chi connectivity index (χ1) is 11.3. The van der Waals surface area contributed by atoms with Gasteiger partial charge in [-0.05, 0) is 38.1 Å². The monoisotopic (exact) mass is 318 g/mol. The fourth-order valence-corrected chi connectivity index (χ4v) is 3.75. The first-order valence-electron chi connectivity index (χ1n) is 8.64. The van der Waals surface area contributed by atoms with Gasteiger partial charge in [-0.25, -0.2) is 0 Å². The number of rotatable bonds is 4. The van der Waals surface area contributed by atoms with E-state index in [0.29, 0.717) is 25.0 Å². The van der Waals surface area contributed by atoms with Gasteiger partial charge >= 0.3 is 0 Å². The van der Waals surface area contributed by atoms with Crippen LogP contribution < -0.4 is 0 Å². The lowest BCUT2D eigenvalue weighted by molar-refractivity contribution is -0.132. The lowest BCUT2D eigenvalue weighted by Crippen LogP contribution is -2.50. The van der Waals surface area contributed by atoms with E-state index in [0.717, 1.165) is 51.1 Å². The van der Waals surface area contributed by atoms with Gasteiger partial charge in [-0.2, -0.15) is 0 Å². The first-order valence-corrected chi connectivity index (χ1v) is 8.64. The summed E-state index contributed by atoms with van der Waals surface area (Å²) in [6, 6.07) is 0.560. The van der Waals surface area contributed by atoms with E-state index in [1.807, 2.05) is 4.90 Å². The van der Waals surface area contributed by atoms with E-state index in [4.69, 9.17) is 0 Å². The third-order valence-electron chi connectivity index (χ3n) is 5.09. The molecule has 23 heavy (non-hydrogen) atoms. The average Bonchev–Trinajstić information content (AvgIpc) is 2.63. The normalized spacial score (nSPS) is 23.9. The molecule has 3 rings (SSSR count). The third kappa shape index (κ3) is 4.26. The summed E-state index contributed by atoms with van der Waals surface area (Å²) in [6.45, 7) is 4.09. The zero-order chi connectivity index (χ0) is 16.1. The van der Waals surface area contributed by atoms with Gasteiger partial charge in [-0.3, -0.25) is 19.7 Å². The summed E-state index contributed by atoms with van der Waals surface area (Å²) in [5.41, 5.74) is 0.737. The summed E-state index contributed by atoms with van der Waals surface area (Å²) >= 11 is 0. The molecule has 1 aromatic heterocycles. The number of aliphatic hydroxyl groups excluding tert-OH is 1. The number of aromatic nitrogens is 2. The number of hydrogen-bond donors (Lipinski definition) is 1. The number of hydrogen-bond acceptors (Lipinski definition) is 5. The van der Waals surface area contributed by atoms with E-state index in [1.165, 1.54) is 6.42 Å². The van der Waals surface area contributed by atoms with Gasteiger partial charge < -0.3 is 10.0 Å². The molecule has 0 bridgehead atoms. The van der Waals surface area contributed by atoms with Crippen molar-refractivity contribution in [1.29, 1.82) is 0 Å². The van der Waals surface area contributed by atoms with Crippen LogP contribution in [0.25, 0.3) is 0 Å². The Morgan fingerprint density at radius 3 is 2.74 bits per heavy atom. The molecule has 1 aromatic rings. The first kappa shape index (κ1) is 16.3. The highest BCUT2D eigenvalue weighted by Gasteiger charge is 2.29. The lowest BCUT2D eigenvalue weighted by Gasteiger charge is -2.42. The Kier molecular flexibility index (Phi) is 5.56. The maximum atomic E-state index is 12.4. The number of amides is 1. The van der Waals surface area contributed by atoms with Crippen LogP contribution in [0.2, 0.25) is 0 Å². The molecule has 1 atom stereocenters. The van der Waals surface area contributed by atoms with E-state index in [2.05, 4.69) is 14.9 Å². The maximum absolute atomic E-state index is 12.4. The van der Waals surface area contributed by atoms with Gasteiger partial charge in [-0.15, -0.1) is 0 Å². The zero-order valence-electron chi connectivity index (χ0n) is 13.6. The Labute approximate surface area is 137 Å². The second-order valence-corrected chi connectivity index (χ2v) is 6.67. The molecule has 2 saturated heterocycles. The molecular formula is C17H26N4O2. The summed E-state index contributed by atoms with van der Waals surface area (Å²) in [4.78, 5) is 25.0. The molecule has 0 radical (unpaired) electrons. The van der Waals surface area contributed by atoms with E-state index < -0.39 is 0 Å². The summed E-state index contributed by atoms with van der Waals surface area (Å²) < 4.78 is 0. The van der Waals surface area contributed by atoms with Crippen LogP contribution >= 0.6 is 0 Å². The lowest BCUT2D eigenvalue weighted by atomic mass is 9.94. The van der Waals surface area contributed by atoms with E-state index >= 15 is 0 Å². The second kappa shape index (κ2) is 7.84. The molecule has 126 valence electrons. The molecule has 0 saturated carbocycles. The topological polar surface area (TPSA) is 69.6 Å². The molecule has 0 aromatic carbocycles. The van der Waals surface area contributed by atoms with Crippen LogP contribution in [0.4, 0.5) is 0 Å². The predicted molar refractivity (Wildman–Crippen MR) is 86.7 cm³/mol. The number of aliphatic hydroxyl groups is 1. The van der Waals surface area contributed by atoms with Crippen molar-refractivity contribution in [3.05, 3.63) is 24.3 Å². The molecule has 6 heteroatoms. The molecular weight excluding hydrogens is 292 g/mol. The van der Waals surface area contributed by atoms with Crippen LogP contribution in [0.1, 0.15) is 31.4 Å². The predicted octanol–water partition coefficient (Wildman–Crippen LogP) is 0.714. The van der Waals surface area contributed by atoms with Crippen LogP contribution in [0.3, 0.4) is 0 Å². The van der Waals surface area contributed by atoms with E-state index in [9.17, 15) is 9.90 Å². The highest BCUT2D eigenvalue weighted by atomic mass is 16.3. The van der Waals surface area contributed by atoms with Crippen LogP contribution in [0.5, 0.6) is 0 Å². The van der Waals surface area contributed by atoms with Crippen molar-refractivity contribution in [3.63, 3.8) is 0 Å². The molecule has 1 N–H and O–H groups in total. The molecule has 0 aliphatic carbocycles. The number of carbonyl (C=O) groups is 1. The molecule has 2 aliphatic heterocycles. The Bertz CT molecular complexity index is 503. The van der Waals surface area contributed by atoms with Gasteiger partial charge in [0.1, 0.15) is 0 Å². The van der Waals surface area contributed by atoms with Gasteiger partial charge in [0.05, 0.1) is 12.1 Å². The summed E-state index contributed by atoms with van der Waals surface area (Å²) in [7, 11) is 0. The summed E-state index contributed by atoms with van der Waals surface area (Å²) in [5.74, 6) is 0.580. The Morgan fingerprint density at radius 1 is 1.22 bits per heavy atom. The Balaban J connectivity index is 1.47. The molecule has 2 aliphatic rings. The highest BCUT2D eigenvalue weighted by Crippen LogP contribution is 2.23. The minimum Gasteiger partial charge on any atom is -0.396 e. The van der Waals surface area contributed by atoms with Crippen molar-refractivity contribution in [2.45, 2.75) is 38.1 Å². The van der Waals surface area contributed by atoms with Crippen molar-refractivity contribution >= 4 is 5.91 Å². The Morgan fingerprint density at radius 2 is 2.04 bits per heavy atom. The van der Waals surface area contributed by atoms with Gasteiger partial charge in [0.2, 0.25) is 5.91 Å². The average molecular weight is 318 g/mol. The number of carbonyl (C=O) groups excluding carboxylic acids is 1. The second-order valence-electron chi connectivity index (χ2n) is 6.67. The smallest absolute Gasteiger partial charge is 0.228 e. The maximum Gasteiger partial charge on any atom is 0.228 e. The SMILES string of the molecule is O=C(Cc1cnccn1)N1CCC(N2CCC[C@H](CO)C2)CC1. The third-order valence-corrected chi connectivity index (χ3v) is 5.09. The quantitative estimate of drug-likeness (QED) is 0.886. The largest absolute Gasteiger partial charge is 0.396 e. The van der Waals surface area contributed by atoms with Crippen LogP contribution in [-0.2, 0) is 11.2 Å². The molecule has 0 spiro atoms. The zero-order valence-corrected chi connectivity index (χ0v) is 13.6. The highest BCUT2D eigenvalue weighted by molar-refractivity contribution is 5.78. The fourth-order valence-electron chi connectivity index (χ4n) is 3.75. The van der Waals surface area contributed by atoms with Crippen LogP contribution in [0.15, 0.2) is 18.6 Å². The molecule has 3 heterocycles. The molecule has 2 fully saturated rings. The van der Waals surface area contributed by atoms with Crippen molar-refractivity contribution in [2.75, 3.05) is 32.8 Å². The van der Waals surface area contributed by atoms with Gasteiger partial charge in [-0.1, -0.05) is 0 Å². The van der Waals surface area contributed by atoms with Gasteiger partial charge in [0, 0.05) is 50.9 Å². The molecule has 0 unspecified atom stereocenters.